The molecule has 1 saturated heterocycles. The summed E-state index contributed by atoms with van der Waals surface area (Å²) in [6.07, 6.45) is 7.13. The predicted octanol–water partition coefficient (Wildman–Crippen LogP) is 7.93. The summed E-state index contributed by atoms with van der Waals surface area (Å²) >= 11 is 12.8. The van der Waals surface area contributed by atoms with Gasteiger partial charge in [-0.15, -0.1) is 5.10 Å². The number of anilines is 3. The second-order valence-electron chi connectivity index (χ2n) is 12.5. The number of aromatic nitrogens is 5. The molecule has 242 valence electrons. The van der Waals surface area contributed by atoms with Crippen LogP contribution in [-0.2, 0) is 0 Å². The minimum absolute atomic E-state index is 0.0454. The Kier molecular flexibility index (Phi) is 9.19. The van der Waals surface area contributed by atoms with Gasteiger partial charge in [0.05, 0.1) is 52.2 Å². The van der Waals surface area contributed by atoms with Crippen molar-refractivity contribution >= 4 is 51.2 Å². The van der Waals surface area contributed by atoms with Crippen LogP contribution >= 0.6 is 23.2 Å². The Bertz CT molecular complexity index is 1940. The Balaban J connectivity index is 1.36. The van der Waals surface area contributed by atoms with Gasteiger partial charge in [-0.2, -0.15) is 5.26 Å². The maximum Gasteiger partial charge on any atom is 0.212 e. The van der Waals surface area contributed by atoms with Crippen molar-refractivity contribution in [3.8, 4) is 11.9 Å². The van der Waals surface area contributed by atoms with Crippen LogP contribution in [0.25, 0.3) is 10.9 Å². The molecule has 1 aliphatic rings. The zero-order valence-corrected chi connectivity index (χ0v) is 27.9. The highest BCUT2D eigenvalue weighted by Crippen LogP contribution is 2.37. The number of piperidine rings is 1. The lowest BCUT2D eigenvalue weighted by Crippen LogP contribution is -2.46. The topological polar surface area (TPSA) is 117 Å². The van der Waals surface area contributed by atoms with E-state index in [1.54, 1.807) is 31.5 Å². The van der Waals surface area contributed by atoms with E-state index < -0.39 is 11.9 Å². The summed E-state index contributed by atoms with van der Waals surface area (Å²) in [5, 5.41) is 26.8. The Morgan fingerprint density at radius 3 is 2.45 bits per heavy atom. The Hall–Kier alpha value is -4.50. The number of hydrogen-bond donors (Lipinski definition) is 2. The second-order valence-corrected chi connectivity index (χ2v) is 13.3. The third-order valence-corrected chi connectivity index (χ3v) is 9.04. The van der Waals surface area contributed by atoms with Crippen LogP contribution in [0.4, 0.5) is 21.5 Å². The first-order valence-corrected chi connectivity index (χ1v) is 16.0. The molecule has 47 heavy (non-hydrogen) atoms. The molecule has 13 heteroatoms. The molecule has 1 unspecified atom stereocenters. The van der Waals surface area contributed by atoms with E-state index >= 15 is 0 Å². The summed E-state index contributed by atoms with van der Waals surface area (Å²) in [5.41, 5.74) is 4.04. The summed E-state index contributed by atoms with van der Waals surface area (Å²) in [4.78, 5) is 11.4. The molecule has 2 N–H and O–H groups in total. The van der Waals surface area contributed by atoms with Crippen LogP contribution in [0.15, 0.2) is 61.1 Å². The van der Waals surface area contributed by atoms with Crippen molar-refractivity contribution in [3.63, 3.8) is 0 Å². The van der Waals surface area contributed by atoms with E-state index in [-0.39, 0.29) is 22.2 Å². The van der Waals surface area contributed by atoms with Gasteiger partial charge in [-0.25, -0.2) is 14.1 Å². The minimum Gasteiger partial charge on any atom is -0.481 e. The fraction of sp³-hybridized carbons (Fsp3) is 0.324. The lowest BCUT2D eigenvalue weighted by Gasteiger charge is -2.40. The highest BCUT2D eigenvalue weighted by Gasteiger charge is 2.29. The molecule has 0 saturated carbocycles. The third kappa shape index (κ3) is 6.95. The first-order chi connectivity index (χ1) is 22.5. The van der Waals surface area contributed by atoms with E-state index in [2.05, 4.69) is 62.7 Å². The van der Waals surface area contributed by atoms with Gasteiger partial charge in [0, 0.05) is 53.8 Å². The van der Waals surface area contributed by atoms with Gasteiger partial charge in [0.2, 0.25) is 5.88 Å². The fourth-order valence-corrected chi connectivity index (χ4v) is 6.31. The van der Waals surface area contributed by atoms with Crippen LogP contribution in [0.2, 0.25) is 10.0 Å². The monoisotopic (exact) mass is 673 g/mol. The van der Waals surface area contributed by atoms with Crippen LogP contribution in [0, 0.1) is 17.1 Å². The SMILES string of the molecule is COc1ccc(C(Nc2cc(Cl)c3ncc(C#N)c(Nc4ccc(F)c(Cl)c4)c3c2)c2cn(C3CCN(C(C)(C)C)CC3)nn2)cn1. The van der Waals surface area contributed by atoms with Crippen molar-refractivity contribution in [1.82, 2.24) is 29.9 Å². The second kappa shape index (κ2) is 13.3. The summed E-state index contributed by atoms with van der Waals surface area (Å²) in [5.74, 6) is -0.0552. The lowest BCUT2D eigenvalue weighted by atomic mass is 9.98. The van der Waals surface area contributed by atoms with Crippen molar-refractivity contribution in [2.24, 2.45) is 0 Å². The van der Waals surface area contributed by atoms with Crippen LogP contribution in [-0.4, -0.2) is 55.6 Å². The first kappa shape index (κ1) is 32.4. The molecule has 10 nitrogen and oxygen atoms in total. The van der Waals surface area contributed by atoms with Gasteiger partial charge < -0.3 is 15.4 Å². The lowest BCUT2D eigenvalue weighted by molar-refractivity contribution is 0.0866. The van der Waals surface area contributed by atoms with Crippen molar-refractivity contribution < 1.29 is 9.13 Å². The van der Waals surface area contributed by atoms with Gasteiger partial charge in [0.1, 0.15) is 17.6 Å². The number of ether oxygens (including phenoxy) is 1. The molecule has 5 aromatic rings. The smallest absolute Gasteiger partial charge is 0.212 e. The molecule has 4 heterocycles. The average Bonchev–Trinajstić information content (AvgIpc) is 3.55. The quantitative estimate of drug-likeness (QED) is 0.169. The number of nitriles is 1. The molecule has 0 amide bonds. The first-order valence-electron chi connectivity index (χ1n) is 15.2. The highest BCUT2D eigenvalue weighted by atomic mass is 35.5. The van der Waals surface area contributed by atoms with E-state index in [1.165, 1.54) is 18.3 Å². The molecule has 6 rings (SSSR count). The standard InChI is InChI=1S/C34H34Cl2FN9O/c1-34(2,3)45-11-9-24(10-12-45)46-19-29(43-44-46)32(20-5-8-30(47-4)39-17-20)42-23-13-25-31(41-22-6-7-28(37)26(35)14-22)21(16-38)18-40-33(25)27(36)15-23/h5-8,13-15,17-19,24,32,42H,9-12H2,1-4H3,(H,40,41). The van der Waals surface area contributed by atoms with Crippen molar-refractivity contribution in [2.45, 2.75) is 51.2 Å². The Morgan fingerprint density at radius 2 is 1.79 bits per heavy atom. The average molecular weight is 675 g/mol. The molecular weight excluding hydrogens is 640 g/mol. The zero-order chi connectivity index (χ0) is 33.3. The number of halogens is 3. The van der Waals surface area contributed by atoms with Crippen molar-refractivity contribution in [1.29, 1.82) is 5.26 Å². The van der Waals surface area contributed by atoms with Gasteiger partial charge in [-0.05, 0) is 75.6 Å². The van der Waals surface area contributed by atoms with E-state index in [0.717, 1.165) is 31.5 Å². The maximum absolute atomic E-state index is 13.9. The Morgan fingerprint density at radius 1 is 1.02 bits per heavy atom. The molecule has 1 aliphatic heterocycles. The molecule has 3 aromatic heterocycles. The van der Waals surface area contributed by atoms with Crippen LogP contribution in [0.5, 0.6) is 5.88 Å². The number of benzene rings is 2. The van der Waals surface area contributed by atoms with E-state index in [9.17, 15) is 9.65 Å². The zero-order valence-electron chi connectivity index (χ0n) is 26.4. The molecule has 1 atom stereocenters. The summed E-state index contributed by atoms with van der Waals surface area (Å²) in [6, 6.07) is 13.6. The van der Waals surface area contributed by atoms with E-state index in [4.69, 9.17) is 27.9 Å². The third-order valence-electron chi connectivity index (χ3n) is 8.46. The fourth-order valence-electron chi connectivity index (χ4n) is 5.86. The van der Waals surface area contributed by atoms with Gasteiger partial charge in [-0.3, -0.25) is 9.88 Å². The number of nitrogens with one attached hydrogen (secondary N) is 2. The molecule has 0 bridgehead atoms. The number of nitrogens with zero attached hydrogens (tertiary/aromatic N) is 7. The molecule has 2 aromatic carbocycles. The number of methoxy groups -OCH3 is 1. The van der Waals surface area contributed by atoms with Crippen LogP contribution in [0.3, 0.4) is 0 Å². The number of pyridine rings is 2. The molecular formula is C34H34Cl2FN9O. The number of likely N-dealkylation sites (tertiary alicyclic amines) is 1. The minimum atomic E-state index is -0.543. The predicted molar refractivity (Wildman–Crippen MR) is 182 cm³/mol. The summed E-state index contributed by atoms with van der Waals surface area (Å²) in [7, 11) is 1.57. The normalized spacial score (nSPS) is 14.9. The molecule has 0 radical (unpaired) electrons. The summed E-state index contributed by atoms with van der Waals surface area (Å²) in [6.45, 7) is 8.71. The van der Waals surface area contributed by atoms with Gasteiger partial charge in [0.25, 0.3) is 0 Å². The number of hydrogen-bond acceptors (Lipinski definition) is 9. The molecule has 1 fully saturated rings. The van der Waals surface area contributed by atoms with Gasteiger partial charge in [0.15, 0.2) is 0 Å². The van der Waals surface area contributed by atoms with Crippen LogP contribution < -0.4 is 15.4 Å². The van der Waals surface area contributed by atoms with Crippen LogP contribution in [0.1, 0.15) is 62.5 Å². The summed E-state index contributed by atoms with van der Waals surface area (Å²) < 4.78 is 21.1. The Labute approximate surface area is 282 Å². The van der Waals surface area contributed by atoms with E-state index in [0.29, 0.717) is 44.6 Å². The van der Waals surface area contributed by atoms with Gasteiger partial charge >= 0.3 is 0 Å². The van der Waals surface area contributed by atoms with Crippen molar-refractivity contribution in [3.05, 3.63) is 93.7 Å². The largest absolute Gasteiger partial charge is 0.481 e. The molecule has 0 aliphatic carbocycles. The molecule has 0 spiro atoms. The van der Waals surface area contributed by atoms with Crippen molar-refractivity contribution in [2.75, 3.05) is 30.8 Å². The van der Waals surface area contributed by atoms with E-state index in [1.807, 2.05) is 23.0 Å². The number of rotatable bonds is 8. The number of fused-ring (bicyclic) bond motifs is 1. The highest BCUT2D eigenvalue weighted by molar-refractivity contribution is 6.36. The maximum atomic E-state index is 13.9. The van der Waals surface area contributed by atoms with Gasteiger partial charge in [-0.1, -0.05) is 28.4 Å².